The number of carbonyl (C=O) groups excluding carboxylic acids is 2. The number of benzene rings is 1. The van der Waals surface area contributed by atoms with Gasteiger partial charge in [-0.3, -0.25) is 13.6 Å². The Labute approximate surface area is 207 Å². The van der Waals surface area contributed by atoms with Gasteiger partial charge >= 0.3 is 7.12 Å². The van der Waals surface area contributed by atoms with Gasteiger partial charge in [-0.1, -0.05) is 24.3 Å². The molecule has 8 nitrogen and oxygen atoms in total. The van der Waals surface area contributed by atoms with E-state index in [-0.39, 0.29) is 18.4 Å². The summed E-state index contributed by atoms with van der Waals surface area (Å²) in [6.07, 6.45) is 5.41. The van der Waals surface area contributed by atoms with Gasteiger partial charge in [-0.05, 0) is 51.2 Å². The first kappa shape index (κ1) is 24.5. The molecule has 11 heteroatoms. The zero-order valence-corrected chi connectivity index (χ0v) is 21.4. The maximum absolute atomic E-state index is 12.3. The maximum Gasteiger partial charge on any atom is 0.494 e. The van der Waals surface area contributed by atoms with Gasteiger partial charge in [0.25, 0.3) is 5.91 Å². The normalized spacial score (nSPS) is 16.4. The molecule has 1 aromatic carbocycles. The number of nitrogens with zero attached hydrogens (tertiary/aromatic N) is 2. The van der Waals surface area contributed by atoms with Gasteiger partial charge < -0.3 is 19.9 Å². The van der Waals surface area contributed by atoms with Crippen molar-refractivity contribution in [3.05, 3.63) is 53.7 Å². The van der Waals surface area contributed by atoms with E-state index in [0.29, 0.717) is 10.7 Å². The Bertz CT molecular complexity index is 1190. The topological polar surface area (TPSA) is 94.5 Å². The summed E-state index contributed by atoms with van der Waals surface area (Å²) in [5.41, 5.74) is 2.21. The Balaban J connectivity index is 1.36. The summed E-state index contributed by atoms with van der Waals surface area (Å²) in [5.74, 6) is -0.646. The van der Waals surface area contributed by atoms with Crippen LogP contribution in [0.2, 0.25) is 0 Å². The number of amides is 2. The van der Waals surface area contributed by atoms with Crippen LogP contribution >= 0.6 is 23.3 Å². The summed E-state index contributed by atoms with van der Waals surface area (Å²) in [6.45, 7) is 7.95. The summed E-state index contributed by atoms with van der Waals surface area (Å²) in [5, 5.41) is 7.70. The van der Waals surface area contributed by atoms with Crippen LogP contribution in [-0.4, -0.2) is 51.9 Å². The molecule has 2 amide bonds. The van der Waals surface area contributed by atoms with Gasteiger partial charge in [0.1, 0.15) is 0 Å². The zero-order valence-electron chi connectivity index (χ0n) is 19.7. The molecular weight excluding hydrogens is 471 g/mol. The number of nitrogens with one attached hydrogen (secondary N) is 2. The van der Waals surface area contributed by atoms with E-state index in [1.165, 1.54) is 23.3 Å². The van der Waals surface area contributed by atoms with E-state index in [1.807, 2.05) is 67.6 Å². The number of hydrogen-bond donors (Lipinski definition) is 2. The van der Waals surface area contributed by atoms with E-state index in [4.69, 9.17) is 9.31 Å². The molecule has 0 bridgehead atoms. The third kappa shape index (κ3) is 5.22. The first-order chi connectivity index (χ1) is 16.1. The van der Waals surface area contributed by atoms with Crippen LogP contribution in [0.15, 0.2) is 48.1 Å². The Morgan fingerprint density at radius 3 is 2.59 bits per heavy atom. The van der Waals surface area contributed by atoms with Gasteiger partial charge in [0, 0.05) is 29.6 Å². The zero-order chi connectivity index (χ0) is 24.5. The average Bonchev–Trinajstić information content (AvgIpc) is 3.50. The predicted octanol–water partition coefficient (Wildman–Crippen LogP) is 3.41. The van der Waals surface area contributed by atoms with Gasteiger partial charge in [-0.2, -0.15) is 0 Å². The molecule has 2 N–H and O–H groups in total. The molecule has 3 aromatic rings. The molecule has 0 unspecified atom stereocenters. The number of anilines is 1. The lowest BCUT2D eigenvalue weighted by Gasteiger charge is -2.32. The fraction of sp³-hybridized carbons (Fsp3) is 0.348. The van der Waals surface area contributed by atoms with Crippen LogP contribution < -0.4 is 16.1 Å². The predicted molar refractivity (Wildman–Crippen MR) is 138 cm³/mol. The van der Waals surface area contributed by atoms with E-state index in [0.717, 1.165) is 16.7 Å². The Morgan fingerprint density at radius 2 is 1.91 bits per heavy atom. The monoisotopic (exact) mass is 498 g/mol. The van der Waals surface area contributed by atoms with Crippen molar-refractivity contribution in [1.29, 1.82) is 0 Å². The van der Waals surface area contributed by atoms with Gasteiger partial charge in [0.2, 0.25) is 5.91 Å². The molecule has 1 saturated heterocycles. The van der Waals surface area contributed by atoms with Crippen molar-refractivity contribution < 1.29 is 18.9 Å². The van der Waals surface area contributed by atoms with E-state index < -0.39 is 18.3 Å². The van der Waals surface area contributed by atoms with Crippen molar-refractivity contribution in [2.75, 3.05) is 18.1 Å². The lowest BCUT2D eigenvalue weighted by molar-refractivity contribution is -0.115. The molecule has 4 rings (SSSR count). The molecule has 1 fully saturated rings. The van der Waals surface area contributed by atoms with E-state index in [1.54, 1.807) is 18.5 Å². The first-order valence-corrected chi connectivity index (χ1v) is 12.9. The summed E-state index contributed by atoms with van der Waals surface area (Å²) in [4.78, 5) is 29.0. The number of hydrogen-bond acceptors (Lipinski definition) is 7. The third-order valence-corrected chi connectivity index (χ3v) is 7.41. The summed E-state index contributed by atoms with van der Waals surface area (Å²) < 4.78 is 14.1. The minimum atomic E-state index is -0.459. The number of rotatable bonds is 7. The van der Waals surface area contributed by atoms with Crippen LogP contribution in [0.25, 0.3) is 11.3 Å². The van der Waals surface area contributed by atoms with E-state index in [2.05, 4.69) is 15.6 Å². The fourth-order valence-electron chi connectivity index (χ4n) is 3.34. The Kier molecular flexibility index (Phi) is 6.91. The van der Waals surface area contributed by atoms with Crippen LogP contribution in [0.3, 0.4) is 0 Å². The van der Waals surface area contributed by atoms with Crippen LogP contribution in [0, 0.1) is 0 Å². The van der Waals surface area contributed by atoms with Crippen molar-refractivity contribution in [3.63, 3.8) is 0 Å². The second-order valence-corrected chi connectivity index (χ2v) is 10.6. The van der Waals surface area contributed by atoms with Crippen molar-refractivity contribution >= 4 is 52.8 Å². The van der Waals surface area contributed by atoms with Gasteiger partial charge in [0.05, 0.1) is 29.0 Å². The van der Waals surface area contributed by atoms with Crippen LogP contribution in [-0.2, 0) is 14.1 Å². The van der Waals surface area contributed by atoms with Crippen molar-refractivity contribution in [3.8, 4) is 11.3 Å². The third-order valence-electron chi connectivity index (χ3n) is 6.01. The molecule has 34 heavy (non-hydrogen) atoms. The molecule has 178 valence electrons. The van der Waals surface area contributed by atoms with Crippen molar-refractivity contribution in [2.45, 2.75) is 38.9 Å². The summed E-state index contributed by atoms with van der Waals surface area (Å²) in [7, 11) is -0.459. The van der Waals surface area contributed by atoms with Crippen molar-refractivity contribution in [2.24, 2.45) is 0 Å². The number of carbonyl (C=O) groups is 2. The van der Waals surface area contributed by atoms with Gasteiger partial charge in [0.15, 0.2) is 5.13 Å². The van der Waals surface area contributed by atoms with E-state index in [9.17, 15) is 9.59 Å². The van der Waals surface area contributed by atoms with E-state index >= 15 is 0 Å². The lowest BCUT2D eigenvalue weighted by Crippen LogP contribution is -2.41. The molecule has 0 radical (unpaired) electrons. The van der Waals surface area contributed by atoms with Crippen LogP contribution in [0.5, 0.6) is 0 Å². The summed E-state index contributed by atoms with van der Waals surface area (Å²) >= 11 is 2.80. The minimum Gasteiger partial charge on any atom is -0.399 e. The average molecular weight is 498 g/mol. The minimum absolute atomic E-state index is 0.143. The highest BCUT2D eigenvalue weighted by atomic mass is 32.2. The van der Waals surface area contributed by atoms with Crippen molar-refractivity contribution in [1.82, 2.24) is 14.3 Å². The molecule has 0 atom stereocenters. The number of aromatic nitrogens is 2. The highest BCUT2D eigenvalue weighted by Crippen LogP contribution is 2.36. The molecule has 1 aliphatic rings. The smallest absolute Gasteiger partial charge is 0.399 e. The molecule has 0 spiro atoms. The molecule has 0 saturated carbocycles. The van der Waals surface area contributed by atoms with Crippen LogP contribution in [0.1, 0.15) is 38.1 Å². The maximum atomic E-state index is 12.3. The number of thiazole rings is 1. The van der Waals surface area contributed by atoms with Gasteiger partial charge in [-0.25, -0.2) is 4.98 Å². The Hall–Kier alpha value is -2.60. The quantitative estimate of drug-likeness (QED) is 0.485. The highest BCUT2D eigenvalue weighted by molar-refractivity contribution is 7.97. The second-order valence-electron chi connectivity index (χ2n) is 8.93. The standard InChI is InChI=1S/C23H27BN4O4S2/c1-22(2)23(3,4)32-24(31-22)17-8-6-7-15(11-17)18-14-34-21(26-18)27-19(29)12-25-20(30)16-9-10-28(13-16)33-5/h6-11,13-14H,12H2,1-5H3,(H,25,30)(H,26,27,29). The lowest BCUT2D eigenvalue weighted by atomic mass is 9.78. The Morgan fingerprint density at radius 1 is 1.18 bits per heavy atom. The fourth-order valence-corrected chi connectivity index (χ4v) is 4.48. The molecular formula is C23H27BN4O4S2. The highest BCUT2D eigenvalue weighted by Gasteiger charge is 2.51. The molecule has 1 aliphatic heterocycles. The SMILES string of the molecule is CSn1ccc(C(=O)NCC(=O)Nc2nc(-c3cccc(B4OC(C)(C)C(C)(C)O4)c3)cs2)c1. The first-order valence-electron chi connectivity index (χ1n) is 10.8. The second kappa shape index (κ2) is 9.57. The van der Waals surface area contributed by atoms with Gasteiger partial charge in [-0.15, -0.1) is 11.3 Å². The molecule has 3 heterocycles. The largest absolute Gasteiger partial charge is 0.494 e. The summed E-state index contributed by atoms with van der Waals surface area (Å²) in [6, 6.07) is 9.55. The van der Waals surface area contributed by atoms with Crippen LogP contribution in [0.4, 0.5) is 5.13 Å². The molecule has 2 aromatic heterocycles. The molecule has 0 aliphatic carbocycles.